The summed E-state index contributed by atoms with van der Waals surface area (Å²) in [6.07, 6.45) is 6.39. The van der Waals surface area contributed by atoms with Crippen LogP contribution in [-0.2, 0) is 6.42 Å². The highest BCUT2D eigenvalue weighted by Gasteiger charge is 2.36. The third kappa shape index (κ3) is 2.94. The van der Waals surface area contributed by atoms with E-state index in [2.05, 4.69) is 22.9 Å². The Kier molecular flexibility index (Phi) is 4.44. The van der Waals surface area contributed by atoms with Gasteiger partial charge in [0, 0.05) is 10.0 Å². The molecule has 0 bridgehead atoms. The van der Waals surface area contributed by atoms with Crippen molar-refractivity contribution in [3.05, 3.63) is 34.1 Å². The van der Waals surface area contributed by atoms with Gasteiger partial charge in [0.1, 0.15) is 5.82 Å². The zero-order valence-electron chi connectivity index (χ0n) is 10.9. The second-order valence-electron chi connectivity index (χ2n) is 5.50. The van der Waals surface area contributed by atoms with Crippen molar-refractivity contribution in [2.45, 2.75) is 51.0 Å². The predicted octanol–water partition coefficient (Wildman–Crippen LogP) is 4.43. The van der Waals surface area contributed by atoms with Gasteiger partial charge in [-0.15, -0.1) is 0 Å². The van der Waals surface area contributed by atoms with Crippen LogP contribution in [0, 0.1) is 11.7 Å². The topological polar surface area (TPSA) is 26.0 Å². The van der Waals surface area contributed by atoms with E-state index in [0.29, 0.717) is 12.3 Å². The number of nitrogens with two attached hydrogens (primary N) is 1. The molecule has 0 amide bonds. The maximum Gasteiger partial charge on any atom is 0.127 e. The summed E-state index contributed by atoms with van der Waals surface area (Å²) in [5.41, 5.74) is 7.10. The number of hydrogen-bond donors (Lipinski definition) is 1. The average molecular weight is 314 g/mol. The molecule has 0 saturated heterocycles. The van der Waals surface area contributed by atoms with Crippen LogP contribution in [0.1, 0.15) is 44.6 Å². The Bertz CT molecular complexity index is 421. The van der Waals surface area contributed by atoms with Gasteiger partial charge in [-0.25, -0.2) is 4.39 Å². The normalized spacial score (nSPS) is 28.3. The molecule has 100 valence electrons. The highest BCUT2D eigenvalue weighted by Crippen LogP contribution is 2.37. The quantitative estimate of drug-likeness (QED) is 0.877. The Morgan fingerprint density at radius 3 is 2.89 bits per heavy atom. The van der Waals surface area contributed by atoms with Crippen molar-refractivity contribution in [1.29, 1.82) is 0 Å². The third-order valence-corrected chi connectivity index (χ3v) is 4.78. The largest absolute Gasteiger partial charge is 0.325 e. The van der Waals surface area contributed by atoms with Crippen molar-refractivity contribution in [1.82, 2.24) is 0 Å². The molecule has 0 spiro atoms. The third-order valence-electron chi connectivity index (χ3n) is 4.29. The summed E-state index contributed by atoms with van der Waals surface area (Å²) in [6, 6.07) is 5.28. The molecule has 2 N–H and O–H groups in total. The maximum absolute atomic E-state index is 13.9. The first-order chi connectivity index (χ1) is 8.55. The molecule has 1 saturated carbocycles. The van der Waals surface area contributed by atoms with E-state index in [1.807, 2.05) is 12.1 Å². The molecule has 2 unspecified atom stereocenters. The van der Waals surface area contributed by atoms with Crippen LogP contribution >= 0.6 is 15.9 Å². The lowest BCUT2D eigenvalue weighted by molar-refractivity contribution is 0.181. The SMILES string of the molecule is CCC1CCCCC1(N)Cc1ccc(Br)cc1F. The second kappa shape index (κ2) is 5.70. The van der Waals surface area contributed by atoms with E-state index in [1.165, 1.54) is 25.3 Å². The zero-order chi connectivity index (χ0) is 13.2. The minimum absolute atomic E-state index is 0.144. The van der Waals surface area contributed by atoms with Crippen molar-refractivity contribution in [2.24, 2.45) is 11.7 Å². The fourth-order valence-corrected chi connectivity index (χ4v) is 3.53. The molecule has 0 aromatic heterocycles. The molecule has 2 rings (SSSR count). The fraction of sp³-hybridized carbons (Fsp3) is 0.600. The van der Waals surface area contributed by atoms with Gasteiger partial charge in [-0.2, -0.15) is 0 Å². The number of hydrogen-bond acceptors (Lipinski definition) is 1. The lowest BCUT2D eigenvalue weighted by Gasteiger charge is -2.41. The molecule has 1 aromatic rings. The summed E-state index contributed by atoms with van der Waals surface area (Å²) in [5.74, 6) is 0.379. The van der Waals surface area contributed by atoms with Gasteiger partial charge < -0.3 is 5.73 Å². The Balaban J connectivity index is 2.20. The lowest BCUT2D eigenvalue weighted by Crippen LogP contribution is -2.51. The van der Waals surface area contributed by atoms with Gasteiger partial charge in [0.25, 0.3) is 0 Å². The molecular weight excluding hydrogens is 293 g/mol. The first kappa shape index (κ1) is 14.0. The Morgan fingerprint density at radius 2 is 2.22 bits per heavy atom. The molecule has 0 radical (unpaired) electrons. The molecule has 1 aliphatic rings. The molecule has 1 aliphatic carbocycles. The van der Waals surface area contributed by atoms with Gasteiger partial charge in [-0.3, -0.25) is 0 Å². The molecule has 3 heteroatoms. The van der Waals surface area contributed by atoms with E-state index in [0.717, 1.165) is 22.9 Å². The lowest BCUT2D eigenvalue weighted by atomic mass is 9.69. The van der Waals surface area contributed by atoms with Crippen LogP contribution in [0.2, 0.25) is 0 Å². The van der Waals surface area contributed by atoms with E-state index in [-0.39, 0.29) is 11.4 Å². The predicted molar refractivity (Wildman–Crippen MR) is 77.0 cm³/mol. The minimum atomic E-state index is -0.221. The van der Waals surface area contributed by atoms with Gasteiger partial charge in [0.2, 0.25) is 0 Å². The minimum Gasteiger partial charge on any atom is -0.325 e. The van der Waals surface area contributed by atoms with Crippen molar-refractivity contribution in [3.63, 3.8) is 0 Å². The van der Waals surface area contributed by atoms with Crippen molar-refractivity contribution in [3.8, 4) is 0 Å². The van der Waals surface area contributed by atoms with Crippen LogP contribution in [0.25, 0.3) is 0 Å². The van der Waals surface area contributed by atoms with Crippen molar-refractivity contribution < 1.29 is 4.39 Å². The molecule has 2 atom stereocenters. The van der Waals surface area contributed by atoms with Gasteiger partial charge in [-0.05, 0) is 42.9 Å². The van der Waals surface area contributed by atoms with Gasteiger partial charge in [0.15, 0.2) is 0 Å². The Labute approximate surface area is 117 Å². The summed E-state index contributed by atoms with van der Waals surface area (Å²) in [5, 5.41) is 0. The van der Waals surface area contributed by atoms with Gasteiger partial charge in [0.05, 0.1) is 0 Å². The Morgan fingerprint density at radius 1 is 1.44 bits per heavy atom. The standard InChI is InChI=1S/C15H21BrFN/c1-2-12-5-3-4-8-15(12,18)10-11-6-7-13(16)9-14(11)17/h6-7,9,12H,2-5,8,10,18H2,1H3. The van der Waals surface area contributed by atoms with Crippen LogP contribution < -0.4 is 5.73 Å². The smallest absolute Gasteiger partial charge is 0.127 e. The van der Waals surface area contributed by atoms with E-state index < -0.39 is 0 Å². The molecular formula is C15H21BrFN. The summed E-state index contributed by atoms with van der Waals surface area (Å²) in [7, 11) is 0. The summed E-state index contributed by atoms with van der Waals surface area (Å²) < 4.78 is 14.7. The van der Waals surface area contributed by atoms with E-state index >= 15 is 0 Å². The number of benzene rings is 1. The molecule has 18 heavy (non-hydrogen) atoms. The molecule has 0 aliphatic heterocycles. The van der Waals surface area contributed by atoms with Crippen molar-refractivity contribution in [2.75, 3.05) is 0 Å². The molecule has 0 heterocycles. The van der Waals surface area contributed by atoms with E-state index in [4.69, 9.17) is 5.73 Å². The highest BCUT2D eigenvalue weighted by molar-refractivity contribution is 9.10. The second-order valence-corrected chi connectivity index (χ2v) is 6.41. The van der Waals surface area contributed by atoms with Crippen LogP contribution in [0.4, 0.5) is 4.39 Å². The average Bonchev–Trinajstić information content (AvgIpc) is 2.33. The van der Waals surface area contributed by atoms with Crippen molar-refractivity contribution >= 4 is 15.9 Å². The fourth-order valence-electron chi connectivity index (χ4n) is 3.20. The van der Waals surface area contributed by atoms with E-state index in [9.17, 15) is 4.39 Å². The zero-order valence-corrected chi connectivity index (χ0v) is 12.5. The Hall–Kier alpha value is -0.410. The van der Waals surface area contributed by atoms with Crippen LogP contribution in [0.5, 0.6) is 0 Å². The first-order valence-electron chi connectivity index (χ1n) is 6.78. The number of rotatable bonds is 3. The van der Waals surface area contributed by atoms with Crippen LogP contribution in [-0.4, -0.2) is 5.54 Å². The highest BCUT2D eigenvalue weighted by atomic mass is 79.9. The van der Waals surface area contributed by atoms with Crippen LogP contribution in [0.3, 0.4) is 0 Å². The van der Waals surface area contributed by atoms with E-state index in [1.54, 1.807) is 0 Å². The monoisotopic (exact) mass is 313 g/mol. The summed E-state index contributed by atoms with van der Waals surface area (Å²) in [4.78, 5) is 0. The van der Waals surface area contributed by atoms with Gasteiger partial charge in [-0.1, -0.05) is 48.2 Å². The maximum atomic E-state index is 13.9. The molecule has 1 aromatic carbocycles. The summed E-state index contributed by atoms with van der Waals surface area (Å²) >= 11 is 3.29. The summed E-state index contributed by atoms with van der Waals surface area (Å²) in [6.45, 7) is 2.19. The molecule has 1 nitrogen and oxygen atoms in total. The van der Waals surface area contributed by atoms with Gasteiger partial charge >= 0.3 is 0 Å². The molecule has 1 fully saturated rings. The first-order valence-corrected chi connectivity index (χ1v) is 7.57. The number of halogens is 2. The van der Waals surface area contributed by atoms with Crippen LogP contribution in [0.15, 0.2) is 22.7 Å².